The molecule has 5 atom stereocenters. The van der Waals surface area contributed by atoms with E-state index in [9.17, 15) is 0 Å². The van der Waals surface area contributed by atoms with Crippen LogP contribution in [0.2, 0.25) is 0 Å². The Balaban J connectivity index is 1.96. The molecular formula is C16H29P. The van der Waals surface area contributed by atoms with Crippen LogP contribution in [0, 0.1) is 17.8 Å². The molecule has 3 saturated heterocycles. The number of hydrogen-bond donors (Lipinski definition) is 0. The van der Waals surface area contributed by atoms with Crippen LogP contribution in [0.1, 0.15) is 46.5 Å². The van der Waals surface area contributed by atoms with Gasteiger partial charge in [-0.05, 0) is 0 Å². The van der Waals surface area contributed by atoms with Gasteiger partial charge in [-0.15, -0.1) is 0 Å². The van der Waals surface area contributed by atoms with Crippen LogP contribution < -0.4 is 0 Å². The molecule has 3 heterocycles. The summed E-state index contributed by atoms with van der Waals surface area (Å²) in [4.78, 5) is 0. The zero-order valence-electron chi connectivity index (χ0n) is 11.8. The SMILES string of the molecule is C=CC(CC)C12CC(C)C(C)C3CCC[PH]31C2. The van der Waals surface area contributed by atoms with Crippen molar-refractivity contribution in [2.24, 2.45) is 17.8 Å². The molecular weight excluding hydrogens is 223 g/mol. The van der Waals surface area contributed by atoms with Gasteiger partial charge in [-0.2, -0.15) is 0 Å². The van der Waals surface area contributed by atoms with E-state index in [0.29, 0.717) is 0 Å². The van der Waals surface area contributed by atoms with Crippen LogP contribution in [-0.2, 0) is 0 Å². The molecule has 1 heteroatoms. The van der Waals surface area contributed by atoms with Gasteiger partial charge in [0.1, 0.15) is 0 Å². The first-order chi connectivity index (χ1) is 8.11. The average Bonchev–Trinajstić information content (AvgIpc) is 2.74. The summed E-state index contributed by atoms with van der Waals surface area (Å²) in [5.74, 6) is 2.85. The van der Waals surface area contributed by atoms with Crippen molar-refractivity contribution < 1.29 is 0 Å². The fraction of sp³-hybridized carbons (Fsp3) is 0.875. The zero-order valence-corrected chi connectivity index (χ0v) is 12.8. The normalized spacial score (nSPS) is 49.9. The van der Waals surface area contributed by atoms with Crippen LogP contribution in [0.25, 0.3) is 0 Å². The van der Waals surface area contributed by atoms with E-state index in [1.807, 2.05) is 0 Å². The zero-order chi connectivity index (χ0) is 12.3. The fourth-order valence-electron chi connectivity index (χ4n) is 6.09. The van der Waals surface area contributed by atoms with E-state index >= 15 is 0 Å². The summed E-state index contributed by atoms with van der Waals surface area (Å²) in [6.45, 7) is 11.6. The molecule has 0 saturated carbocycles. The van der Waals surface area contributed by atoms with Crippen molar-refractivity contribution in [3.63, 3.8) is 0 Å². The van der Waals surface area contributed by atoms with Crippen LogP contribution in [0.5, 0.6) is 0 Å². The molecule has 3 rings (SSSR count). The molecule has 0 bridgehead atoms. The van der Waals surface area contributed by atoms with Crippen LogP contribution in [0.15, 0.2) is 12.7 Å². The quantitative estimate of drug-likeness (QED) is 0.511. The monoisotopic (exact) mass is 252 g/mol. The summed E-state index contributed by atoms with van der Waals surface area (Å²) >= 11 is 0. The Morgan fingerprint density at radius 3 is 2.88 bits per heavy atom. The standard InChI is InChI=1S/C16H29P/c1-5-14(6-2)16-10-12(3)13(4)15-8-7-9-17(15,16)11-16/h5,12-15,17H,1,6-11H2,2-4H3. The molecule has 0 N–H and O–H groups in total. The molecule has 3 aliphatic heterocycles. The second-order valence-electron chi connectivity index (χ2n) is 7.28. The molecule has 17 heavy (non-hydrogen) atoms. The average molecular weight is 252 g/mol. The number of hydrogen-bond acceptors (Lipinski definition) is 0. The Kier molecular flexibility index (Phi) is 2.75. The summed E-state index contributed by atoms with van der Waals surface area (Å²) in [7, 11) is -0.868. The topological polar surface area (TPSA) is 0 Å². The maximum absolute atomic E-state index is 4.16. The van der Waals surface area contributed by atoms with Crippen molar-refractivity contribution in [3.05, 3.63) is 12.7 Å². The minimum absolute atomic E-state index is 0.816. The summed E-state index contributed by atoms with van der Waals surface area (Å²) in [6, 6.07) is 0. The van der Waals surface area contributed by atoms with Crippen LogP contribution in [0.3, 0.4) is 0 Å². The molecule has 3 fully saturated rings. The summed E-state index contributed by atoms with van der Waals surface area (Å²) in [6.07, 6.45) is 11.7. The van der Waals surface area contributed by atoms with Gasteiger partial charge in [0.25, 0.3) is 0 Å². The Labute approximate surface area is 108 Å². The first-order valence-corrected chi connectivity index (χ1v) is 10.2. The fourth-order valence-corrected chi connectivity index (χ4v) is 15.0. The third kappa shape index (κ3) is 1.34. The van der Waals surface area contributed by atoms with Gasteiger partial charge in [-0.25, -0.2) is 0 Å². The second kappa shape index (κ2) is 3.83. The minimum atomic E-state index is -0.868. The van der Waals surface area contributed by atoms with Crippen molar-refractivity contribution in [3.8, 4) is 0 Å². The second-order valence-corrected chi connectivity index (χ2v) is 12.2. The maximum atomic E-state index is 4.16. The van der Waals surface area contributed by atoms with E-state index in [1.165, 1.54) is 12.1 Å². The summed E-state index contributed by atoms with van der Waals surface area (Å²) < 4.78 is 0. The first kappa shape index (κ1) is 12.2. The van der Waals surface area contributed by atoms with Gasteiger partial charge in [0.15, 0.2) is 0 Å². The molecule has 0 aromatic heterocycles. The Morgan fingerprint density at radius 2 is 2.24 bits per heavy atom. The van der Waals surface area contributed by atoms with Gasteiger partial charge in [-0.1, -0.05) is 0 Å². The van der Waals surface area contributed by atoms with E-state index in [-0.39, 0.29) is 0 Å². The van der Waals surface area contributed by atoms with Crippen molar-refractivity contribution in [2.45, 2.75) is 57.3 Å². The predicted octanol–water partition coefficient (Wildman–Crippen LogP) is 4.54. The van der Waals surface area contributed by atoms with Crippen molar-refractivity contribution in [1.82, 2.24) is 0 Å². The van der Waals surface area contributed by atoms with Crippen molar-refractivity contribution in [1.29, 1.82) is 0 Å². The molecule has 0 aromatic carbocycles. The van der Waals surface area contributed by atoms with Gasteiger partial charge in [-0.3, -0.25) is 0 Å². The predicted molar refractivity (Wildman–Crippen MR) is 80.7 cm³/mol. The first-order valence-electron chi connectivity index (χ1n) is 7.74. The third-order valence-corrected chi connectivity index (χ3v) is 14.0. The van der Waals surface area contributed by atoms with Crippen LogP contribution >= 0.6 is 7.26 Å². The molecule has 0 radical (unpaired) electrons. The van der Waals surface area contributed by atoms with Gasteiger partial charge >= 0.3 is 107 Å². The van der Waals surface area contributed by atoms with E-state index < -0.39 is 7.26 Å². The molecule has 5 unspecified atom stereocenters. The van der Waals surface area contributed by atoms with Gasteiger partial charge in [0.2, 0.25) is 0 Å². The van der Waals surface area contributed by atoms with E-state index in [2.05, 4.69) is 33.4 Å². The third-order valence-electron chi connectivity index (χ3n) is 7.00. The molecule has 0 aromatic rings. The van der Waals surface area contributed by atoms with Crippen molar-refractivity contribution in [2.75, 3.05) is 12.3 Å². The van der Waals surface area contributed by atoms with Crippen LogP contribution in [0.4, 0.5) is 0 Å². The Hall–Kier alpha value is 0.170. The van der Waals surface area contributed by atoms with Crippen LogP contribution in [-0.4, -0.2) is 23.1 Å². The summed E-state index contributed by atoms with van der Waals surface area (Å²) in [5, 5.41) is 0.816. The molecule has 0 aliphatic carbocycles. The number of rotatable bonds is 3. The van der Waals surface area contributed by atoms with E-state index in [1.54, 1.807) is 31.6 Å². The molecule has 0 amide bonds. The van der Waals surface area contributed by atoms with Crippen molar-refractivity contribution >= 4 is 7.26 Å². The molecule has 98 valence electrons. The van der Waals surface area contributed by atoms with Gasteiger partial charge in [0, 0.05) is 0 Å². The Morgan fingerprint density at radius 1 is 1.47 bits per heavy atom. The van der Waals surface area contributed by atoms with E-state index in [4.69, 9.17) is 0 Å². The van der Waals surface area contributed by atoms with Gasteiger partial charge < -0.3 is 0 Å². The number of allylic oxidation sites excluding steroid dienone is 1. The summed E-state index contributed by atoms with van der Waals surface area (Å²) in [5.41, 5.74) is 1.18. The molecule has 0 nitrogen and oxygen atoms in total. The molecule has 1 spiro atoms. The van der Waals surface area contributed by atoms with E-state index in [0.717, 1.165) is 22.9 Å². The van der Waals surface area contributed by atoms with Gasteiger partial charge in [0.05, 0.1) is 0 Å². The Bertz CT molecular complexity index is 336. The molecule has 3 aliphatic rings.